The van der Waals surface area contributed by atoms with E-state index < -0.39 is 5.41 Å². The summed E-state index contributed by atoms with van der Waals surface area (Å²) in [6.45, 7) is 9.97. The van der Waals surface area contributed by atoms with E-state index in [1.54, 1.807) is 6.92 Å². The normalized spacial score (nSPS) is 26.2. The van der Waals surface area contributed by atoms with E-state index in [2.05, 4.69) is 11.8 Å². The number of hydrogen-bond donors (Lipinski definition) is 0. The van der Waals surface area contributed by atoms with Gasteiger partial charge in [0.05, 0.1) is 0 Å². The van der Waals surface area contributed by atoms with E-state index in [9.17, 15) is 14.4 Å². The topological polar surface area (TPSA) is 54.5 Å². The minimum Gasteiger partial charge on any atom is -0.300 e. The maximum atomic E-state index is 12.1. The maximum absolute atomic E-state index is 12.1. The smallest absolute Gasteiger partial charge is 0.144 e. The van der Waals surface area contributed by atoms with Crippen molar-refractivity contribution in [1.29, 1.82) is 0 Å². The van der Waals surface area contributed by atoms with Gasteiger partial charge in [-0.2, -0.15) is 0 Å². The predicted octanol–water partition coefficient (Wildman–Crippen LogP) is 2.25. The number of piperidine rings is 1. The number of carbonyl (C=O) groups excluding carboxylic acids is 3. The minimum absolute atomic E-state index is 0.0746. The Balaban J connectivity index is 3.12. The quantitative estimate of drug-likeness (QED) is 0.701. The Bertz CT molecular complexity index is 389. The molecular weight excluding hydrogens is 254 g/mol. The fraction of sp³-hybridized carbons (Fsp3) is 0.812. The van der Waals surface area contributed by atoms with Crippen LogP contribution < -0.4 is 0 Å². The number of nitrogens with zero attached hydrogens (tertiary/aromatic N) is 1. The molecule has 2 unspecified atom stereocenters. The summed E-state index contributed by atoms with van der Waals surface area (Å²) in [5, 5.41) is 0. The highest BCUT2D eigenvalue weighted by atomic mass is 16.2. The SMILES string of the molecule is CCCCN1CC(C(C)=O)(C(C)=O)CC(C(C)=O)C1C. The third-order valence-corrected chi connectivity index (χ3v) is 4.87. The highest BCUT2D eigenvalue weighted by Crippen LogP contribution is 2.39. The third-order valence-electron chi connectivity index (χ3n) is 4.87. The molecule has 114 valence electrons. The number of ketones is 3. The number of carbonyl (C=O) groups is 3. The Morgan fingerprint density at radius 2 is 1.70 bits per heavy atom. The molecule has 0 N–H and O–H groups in total. The van der Waals surface area contributed by atoms with E-state index in [1.165, 1.54) is 13.8 Å². The lowest BCUT2D eigenvalue weighted by Crippen LogP contribution is -2.59. The maximum Gasteiger partial charge on any atom is 0.144 e. The number of unbranched alkanes of at least 4 members (excludes halogenated alkanes) is 1. The summed E-state index contributed by atoms with van der Waals surface area (Å²) < 4.78 is 0. The van der Waals surface area contributed by atoms with Gasteiger partial charge in [-0.05, 0) is 47.1 Å². The lowest BCUT2D eigenvalue weighted by molar-refractivity contribution is -0.147. The molecule has 1 aliphatic rings. The van der Waals surface area contributed by atoms with E-state index in [0.29, 0.717) is 13.0 Å². The van der Waals surface area contributed by atoms with Crippen LogP contribution in [0.25, 0.3) is 0 Å². The molecule has 0 amide bonds. The molecule has 0 bridgehead atoms. The van der Waals surface area contributed by atoms with Crippen molar-refractivity contribution in [3.63, 3.8) is 0 Å². The van der Waals surface area contributed by atoms with Gasteiger partial charge in [0.15, 0.2) is 0 Å². The monoisotopic (exact) mass is 281 g/mol. The van der Waals surface area contributed by atoms with E-state index in [4.69, 9.17) is 0 Å². The molecule has 0 aromatic rings. The largest absolute Gasteiger partial charge is 0.300 e. The zero-order valence-corrected chi connectivity index (χ0v) is 13.4. The molecule has 0 aromatic heterocycles. The second-order valence-corrected chi connectivity index (χ2v) is 6.18. The molecule has 1 fully saturated rings. The minimum atomic E-state index is -0.989. The molecule has 0 aliphatic carbocycles. The number of rotatable bonds is 6. The van der Waals surface area contributed by atoms with Crippen LogP contribution in [-0.2, 0) is 14.4 Å². The van der Waals surface area contributed by atoms with E-state index in [0.717, 1.165) is 19.4 Å². The Hall–Kier alpha value is -1.03. The Morgan fingerprint density at radius 1 is 1.15 bits per heavy atom. The summed E-state index contributed by atoms with van der Waals surface area (Å²) in [6.07, 6.45) is 2.44. The van der Waals surface area contributed by atoms with Crippen molar-refractivity contribution in [2.24, 2.45) is 11.3 Å². The van der Waals surface area contributed by atoms with Crippen molar-refractivity contribution >= 4 is 17.3 Å². The van der Waals surface area contributed by atoms with Crippen LogP contribution in [0.4, 0.5) is 0 Å². The zero-order valence-electron chi connectivity index (χ0n) is 13.4. The lowest BCUT2D eigenvalue weighted by Gasteiger charge is -2.47. The highest BCUT2D eigenvalue weighted by Gasteiger charge is 2.50. The third kappa shape index (κ3) is 3.17. The van der Waals surface area contributed by atoms with Gasteiger partial charge < -0.3 is 0 Å². The molecule has 2 atom stereocenters. The average Bonchev–Trinajstić information content (AvgIpc) is 2.36. The first-order valence-electron chi connectivity index (χ1n) is 7.52. The molecule has 0 aromatic carbocycles. The van der Waals surface area contributed by atoms with Crippen LogP contribution in [0, 0.1) is 11.3 Å². The number of likely N-dealkylation sites (tertiary alicyclic amines) is 1. The molecule has 1 saturated heterocycles. The van der Waals surface area contributed by atoms with Gasteiger partial charge in [-0.15, -0.1) is 0 Å². The van der Waals surface area contributed by atoms with Crippen LogP contribution in [0.1, 0.15) is 53.9 Å². The standard InChI is InChI=1S/C16H27NO3/c1-6-7-8-17-10-16(13(4)19,14(5)20)9-15(11(17)2)12(3)18/h11,15H,6-10H2,1-5H3. The Labute approximate surface area is 121 Å². The van der Waals surface area contributed by atoms with Gasteiger partial charge in [-0.25, -0.2) is 0 Å². The van der Waals surface area contributed by atoms with Crippen LogP contribution in [0.5, 0.6) is 0 Å². The van der Waals surface area contributed by atoms with Crippen LogP contribution in [0.15, 0.2) is 0 Å². The van der Waals surface area contributed by atoms with Crippen LogP contribution in [0.3, 0.4) is 0 Å². The second-order valence-electron chi connectivity index (χ2n) is 6.18. The van der Waals surface area contributed by atoms with E-state index in [1.807, 2.05) is 6.92 Å². The molecule has 4 heteroatoms. The van der Waals surface area contributed by atoms with Crippen LogP contribution in [0.2, 0.25) is 0 Å². The van der Waals surface area contributed by atoms with Crippen LogP contribution in [-0.4, -0.2) is 41.4 Å². The summed E-state index contributed by atoms with van der Waals surface area (Å²) in [7, 11) is 0. The van der Waals surface area contributed by atoms with Gasteiger partial charge in [-0.3, -0.25) is 19.3 Å². The lowest BCUT2D eigenvalue weighted by atomic mass is 9.67. The fourth-order valence-corrected chi connectivity index (χ4v) is 3.24. The molecule has 1 aliphatic heterocycles. The van der Waals surface area contributed by atoms with Gasteiger partial charge in [0.2, 0.25) is 0 Å². The highest BCUT2D eigenvalue weighted by molar-refractivity contribution is 6.06. The summed E-state index contributed by atoms with van der Waals surface area (Å²) in [5.41, 5.74) is -0.989. The molecule has 0 spiro atoms. The van der Waals surface area contributed by atoms with Crippen molar-refractivity contribution in [3.05, 3.63) is 0 Å². The Morgan fingerprint density at radius 3 is 2.10 bits per heavy atom. The van der Waals surface area contributed by atoms with Gasteiger partial charge >= 0.3 is 0 Å². The van der Waals surface area contributed by atoms with Crippen LogP contribution >= 0.6 is 0 Å². The van der Waals surface area contributed by atoms with Gasteiger partial charge in [0, 0.05) is 18.5 Å². The fourth-order valence-electron chi connectivity index (χ4n) is 3.24. The molecule has 1 rings (SSSR count). The summed E-state index contributed by atoms with van der Waals surface area (Å²) >= 11 is 0. The van der Waals surface area contributed by atoms with Gasteiger partial charge in [0.1, 0.15) is 22.8 Å². The molecular formula is C16H27NO3. The number of Topliss-reactive ketones (excluding diaryl/α,β-unsaturated/α-hetero) is 3. The summed E-state index contributed by atoms with van der Waals surface area (Å²) in [6, 6.07) is 0.103. The summed E-state index contributed by atoms with van der Waals surface area (Å²) in [4.78, 5) is 38.3. The summed E-state index contributed by atoms with van der Waals surface area (Å²) in [5.74, 6) is -0.367. The van der Waals surface area contributed by atoms with Crippen molar-refractivity contribution in [2.75, 3.05) is 13.1 Å². The molecule has 1 heterocycles. The molecule has 4 nitrogen and oxygen atoms in total. The number of hydrogen-bond acceptors (Lipinski definition) is 4. The van der Waals surface area contributed by atoms with Crippen molar-refractivity contribution in [2.45, 2.75) is 59.9 Å². The van der Waals surface area contributed by atoms with Crippen molar-refractivity contribution < 1.29 is 14.4 Å². The molecule has 0 radical (unpaired) electrons. The van der Waals surface area contributed by atoms with Gasteiger partial charge in [-0.1, -0.05) is 13.3 Å². The predicted molar refractivity (Wildman–Crippen MR) is 78.5 cm³/mol. The van der Waals surface area contributed by atoms with E-state index in [-0.39, 0.29) is 29.3 Å². The first-order valence-corrected chi connectivity index (χ1v) is 7.52. The Kier molecular flexibility index (Phi) is 5.63. The zero-order chi connectivity index (χ0) is 15.5. The average molecular weight is 281 g/mol. The van der Waals surface area contributed by atoms with E-state index >= 15 is 0 Å². The molecule has 0 saturated carbocycles. The van der Waals surface area contributed by atoms with Crippen molar-refractivity contribution in [3.8, 4) is 0 Å². The van der Waals surface area contributed by atoms with Gasteiger partial charge in [0.25, 0.3) is 0 Å². The first-order chi connectivity index (χ1) is 9.26. The van der Waals surface area contributed by atoms with Crippen molar-refractivity contribution in [1.82, 2.24) is 4.90 Å². The first kappa shape index (κ1) is 17.0. The second kappa shape index (κ2) is 6.61. The molecule has 20 heavy (non-hydrogen) atoms.